The molecular formula is C12H18N2. The molecule has 2 heteroatoms. The molecule has 76 valence electrons. The summed E-state index contributed by atoms with van der Waals surface area (Å²) in [7, 11) is 0. The second-order valence-corrected chi connectivity index (χ2v) is 4.37. The fraction of sp³-hybridized carbons (Fsp3) is 0.583. The molecule has 0 aromatic carbocycles. The molecule has 0 radical (unpaired) electrons. The van der Waals surface area contributed by atoms with Gasteiger partial charge in [-0.3, -0.25) is 4.98 Å². The molecular weight excluding hydrogens is 172 g/mol. The molecule has 1 unspecified atom stereocenters. The molecule has 1 aromatic heterocycles. The van der Waals surface area contributed by atoms with E-state index < -0.39 is 0 Å². The van der Waals surface area contributed by atoms with Gasteiger partial charge >= 0.3 is 0 Å². The van der Waals surface area contributed by atoms with Crippen molar-refractivity contribution in [1.82, 2.24) is 4.98 Å². The number of pyridine rings is 1. The second-order valence-electron chi connectivity index (χ2n) is 4.37. The van der Waals surface area contributed by atoms with Crippen molar-refractivity contribution in [3.05, 3.63) is 29.6 Å². The first-order valence-electron chi connectivity index (χ1n) is 5.44. The lowest BCUT2D eigenvalue weighted by Gasteiger charge is -2.18. The third-order valence-electron chi connectivity index (χ3n) is 3.19. The lowest BCUT2D eigenvalue weighted by Crippen LogP contribution is -2.19. The standard InChI is InChI=1S/C12H18N2/c1-9-6-11(8-14-7-9)12(13)10-4-2-3-5-10/h6-8,10,12H,2-5,13H2,1H3. The van der Waals surface area contributed by atoms with E-state index in [0.717, 1.165) is 0 Å². The van der Waals surface area contributed by atoms with Gasteiger partial charge in [0.1, 0.15) is 0 Å². The molecule has 1 saturated carbocycles. The maximum atomic E-state index is 6.23. The summed E-state index contributed by atoms with van der Waals surface area (Å²) in [5.41, 5.74) is 8.64. The molecule has 1 aliphatic rings. The highest BCUT2D eigenvalue weighted by Crippen LogP contribution is 2.33. The Morgan fingerprint density at radius 3 is 2.71 bits per heavy atom. The van der Waals surface area contributed by atoms with Gasteiger partial charge in [0.05, 0.1) is 0 Å². The summed E-state index contributed by atoms with van der Waals surface area (Å²) >= 11 is 0. The molecule has 2 N–H and O–H groups in total. The molecule has 1 aliphatic carbocycles. The molecule has 0 saturated heterocycles. The average Bonchev–Trinajstić information content (AvgIpc) is 2.69. The topological polar surface area (TPSA) is 38.9 Å². The van der Waals surface area contributed by atoms with E-state index in [1.165, 1.54) is 36.8 Å². The summed E-state index contributed by atoms with van der Waals surface area (Å²) in [5.74, 6) is 0.679. The van der Waals surface area contributed by atoms with Gasteiger partial charge in [0.25, 0.3) is 0 Å². The molecule has 14 heavy (non-hydrogen) atoms. The van der Waals surface area contributed by atoms with Gasteiger partial charge in [-0.15, -0.1) is 0 Å². The zero-order valence-electron chi connectivity index (χ0n) is 8.74. The zero-order valence-corrected chi connectivity index (χ0v) is 8.74. The Balaban J connectivity index is 2.13. The van der Waals surface area contributed by atoms with Crippen LogP contribution < -0.4 is 5.73 Å². The molecule has 1 heterocycles. The molecule has 1 aromatic rings. The number of hydrogen-bond acceptors (Lipinski definition) is 2. The number of nitrogens with zero attached hydrogens (tertiary/aromatic N) is 1. The molecule has 0 aliphatic heterocycles. The van der Waals surface area contributed by atoms with E-state index in [9.17, 15) is 0 Å². The Hall–Kier alpha value is -0.890. The molecule has 1 atom stereocenters. The van der Waals surface area contributed by atoms with E-state index in [4.69, 9.17) is 5.73 Å². The Kier molecular flexibility index (Phi) is 2.82. The highest BCUT2D eigenvalue weighted by Gasteiger charge is 2.23. The quantitative estimate of drug-likeness (QED) is 0.778. The highest BCUT2D eigenvalue weighted by atomic mass is 14.7. The van der Waals surface area contributed by atoms with Crippen LogP contribution in [0.15, 0.2) is 18.5 Å². The van der Waals surface area contributed by atoms with Gasteiger partial charge in [-0.05, 0) is 36.8 Å². The monoisotopic (exact) mass is 190 g/mol. The van der Waals surface area contributed by atoms with E-state index >= 15 is 0 Å². The Morgan fingerprint density at radius 2 is 2.07 bits per heavy atom. The fourth-order valence-electron chi connectivity index (χ4n) is 2.35. The Bertz CT molecular complexity index is 303. The smallest absolute Gasteiger partial charge is 0.0338 e. The summed E-state index contributed by atoms with van der Waals surface area (Å²) in [5, 5.41) is 0. The van der Waals surface area contributed by atoms with Crippen molar-refractivity contribution >= 4 is 0 Å². The largest absolute Gasteiger partial charge is 0.324 e. The summed E-state index contributed by atoms with van der Waals surface area (Å²) in [6.07, 6.45) is 9.06. The third kappa shape index (κ3) is 1.95. The van der Waals surface area contributed by atoms with Crippen molar-refractivity contribution in [2.75, 3.05) is 0 Å². The van der Waals surface area contributed by atoms with Crippen LogP contribution >= 0.6 is 0 Å². The average molecular weight is 190 g/mol. The summed E-state index contributed by atoms with van der Waals surface area (Å²) in [6.45, 7) is 2.07. The number of hydrogen-bond donors (Lipinski definition) is 1. The predicted octanol–water partition coefficient (Wildman–Crippen LogP) is 2.58. The van der Waals surface area contributed by atoms with E-state index in [0.29, 0.717) is 5.92 Å². The lowest BCUT2D eigenvalue weighted by atomic mass is 9.93. The van der Waals surface area contributed by atoms with Gasteiger partial charge in [-0.2, -0.15) is 0 Å². The number of aromatic nitrogens is 1. The SMILES string of the molecule is Cc1cncc(C(N)C2CCCC2)c1. The van der Waals surface area contributed by atoms with Crippen LogP contribution in [-0.2, 0) is 0 Å². The van der Waals surface area contributed by atoms with E-state index in [2.05, 4.69) is 18.0 Å². The molecule has 0 spiro atoms. The Labute approximate surface area is 85.5 Å². The lowest BCUT2D eigenvalue weighted by molar-refractivity contribution is 0.444. The first kappa shape index (κ1) is 9.66. The van der Waals surface area contributed by atoms with Crippen LogP contribution in [0.25, 0.3) is 0 Å². The maximum absolute atomic E-state index is 6.23. The van der Waals surface area contributed by atoms with Crippen LogP contribution in [0.3, 0.4) is 0 Å². The van der Waals surface area contributed by atoms with E-state index in [-0.39, 0.29) is 6.04 Å². The van der Waals surface area contributed by atoms with Crippen molar-refractivity contribution in [2.45, 2.75) is 38.6 Å². The second kappa shape index (κ2) is 4.09. The van der Waals surface area contributed by atoms with Crippen molar-refractivity contribution in [2.24, 2.45) is 11.7 Å². The van der Waals surface area contributed by atoms with Crippen molar-refractivity contribution in [1.29, 1.82) is 0 Å². The van der Waals surface area contributed by atoms with Gasteiger partial charge < -0.3 is 5.73 Å². The van der Waals surface area contributed by atoms with Crippen LogP contribution in [0.5, 0.6) is 0 Å². The summed E-state index contributed by atoms with van der Waals surface area (Å²) in [4.78, 5) is 4.20. The predicted molar refractivity (Wildman–Crippen MR) is 57.9 cm³/mol. The van der Waals surface area contributed by atoms with Crippen LogP contribution in [0.1, 0.15) is 42.9 Å². The van der Waals surface area contributed by atoms with Crippen molar-refractivity contribution in [3.63, 3.8) is 0 Å². The molecule has 0 amide bonds. The maximum Gasteiger partial charge on any atom is 0.0338 e. The highest BCUT2D eigenvalue weighted by molar-refractivity contribution is 5.20. The van der Waals surface area contributed by atoms with Gasteiger partial charge in [0, 0.05) is 18.4 Å². The van der Waals surface area contributed by atoms with E-state index in [1.807, 2.05) is 12.4 Å². The van der Waals surface area contributed by atoms with Gasteiger partial charge in [0.15, 0.2) is 0 Å². The zero-order chi connectivity index (χ0) is 9.97. The van der Waals surface area contributed by atoms with Crippen LogP contribution in [0.2, 0.25) is 0 Å². The molecule has 2 rings (SSSR count). The fourth-order valence-corrected chi connectivity index (χ4v) is 2.35. The molecule has 1 fully saturated rings. The van der Waals surface area contributed by atoms with Crippen LogP contribution in [0.4, 0.5) is 0 Å². The molecule has 2 nitrogen and oxygen atoms in total. The minimum absolute atomic E-state index is 0.199. The van der Waals surface area contributed by atoms with Crippen LogP contribution in [0, 0.1) is 12.8 Å². The number of nitrogens with two attached hydrogens (primary N) is 1. The first-order chi connectivity index (χ1) is 6.77. The first-order valence-corrected chi connectivity index (χ1v) is 5.44. The minimum atomic E-state index is 0.199. The normalized spacial score (nSPS) is 19.9. The molecule has 0 bridgehead atoms. The van der Waals surface area contributed by atoms with Crippen molar-refractivity contribution < 1.29 is 0 Å². The minimum Gasteiger partial charge on any atom is -0.324 e. The third-order valence-corrected chi connectivity index (χ3v) is 3.19. The number of aryl methyl sites for hydroxylation is 1. The Morgan fingerprint density at radius 1 is 1.36 bits per heavy atom. The van der Waals surface area contributed by atoms with E-state index in [1.54, 1.807) is 0 Å². The summed E-state index contributed by atoms with van der Waals surface area (Å²) < 4.78 is 0. The number of rotatable bonds is 2. The summed E-state index contributed by atoms with van der Waals surface area (Å²) in [6, 6.07) is 2.36. The van der Waals surface area contributed by atoms with Gasteiger partial charge in [0.2, 0.25) is 0 Å². The van der Waals surface area contributed by atoms with Crippen LogP contribution in [-0.4, -0.2) is 4.98 Å². The van der Waals surface area contributed by atoms with Crippen molar-refractivity contribution in [3.8, 4) is 0 Å². The van der Waals surface area contributed by atoms with Gasteiger partial charge in [-0.25, -0.2) is 0 Å². The van der Waals surface area contributed by atoms with Gasteiger partial charge in [-0.1, -0.05) is 18.9 Å².